The van der Waals surface area contributed by atoms with Crippen LogP contribution in [0.25, 0.3) is 0 Å². The van der Waals surface area contributed by atoms with Crippen LogP contribution < -0.4 is 15.4 Å². The van der Waals surface area contributed by atoms with Gasteiger partial charge in [-0.3, -0.25) is 4.79 Å². The molecule has 1 aromatic heterocycles. The van der Waals surface area contributed by atoms with Crippen molar-refractivity contribution in [2.24, 2.45) is 0 Å². The van der Waals surface area contributed by atoms with Crippen LogP contribution in [0.1, 0.15) is 21.6 Å². The minimum Gasteiger partial charge on any atom is -0.497 e. The number of aryl methyl sites for hydroxylation is 2. The Hall–Kier alpha value is -3.41. The lowest BCUT2D eigenvalue weighted by molar-refractivity contribution is 0.102. The fourth-order valence-corrected chi connectivity index (χ4v) is 2.56. The highest BCUT2D eigenvalue weighted by molar-refractivity contribution is 6.03. The first-order chi connectivity index (χ1) is 12.6. The molecule has 0 aliphatic rings. The number of hydrogen-bond donors (Lipinski definition) is 2. The van der Waals surface area contributed by atoms with Crippen LogP contribution in [-0.2, 0) is 0 Å². The zero-order valence-electron chi connectivity index (χ0n) is 14.9. The van der Waals surface area contributed by atoms with Gasteiger partial charge in [0.2, 0.25) is 5.95 Å². The van der Waals surface area contributed by atoms with E-state index in [1.807, 2.05) is 44.2 Å². The summed E-state index contributed by atoms with van der Waals surface area (Å²) in [6, 6.07) is 14.7. The van der Waals surface area contributed by atoms with E-state index in [4.69, 9.17) is 4.74 Å². The van der Waals surface area contributed by atoms with E-state index in [1.54, 1.807) is 31.5 Å². The van der Waals surface area contributed by atoms with Crippen LogP contribution in [0.5, 0.6) is 5.75 Å². The number of anilines is 3. The first kappa shape index (κ1) is 17.4. The third-order valence-electron chi connectivity index (χ3n) is 3.93. The van der Waals surface area contributed by atoms with Gasteiger partial charge in [0.15, 0.2) is 0 Å². The summed E-state index contributed by atoms with van der Waals surface area (Å²) < 4.78 is 5.16. The molecule has 0 saturated heterocycles. The van der Waals surface area contributed by atoms with Gasteiger partial charge in [-0.2, -0.15) is 0 Å². The summed E-state index contributed by atoms with van der Waals surface area (Å²) in [4.78, 5) is 21.0. The quantitative estimate of drug-likeness (QED) is 0.726. The highest BCUT2D eigenvalue weighted by Crippen LogP contribution is 2.22. The van der Waals surface area contributed by atoms with Crippen LogP contribution in [0, 0.1) is 13.8 Å². The van der Waals surface area contributed by atoms with Crippen molar-refractivity contribution in [3.8, 4) is 5.75 Å². The van der Waals surface area contributed by atoms with Crippen molar-refractivity contribution in [2.75, 3.05) is 17.7 Å². The summed E-state index contributed by atoms with van der Waals surface area (Å²) in [5, 5.41) is 6.01. The zero-order valence-corrected chi connectivity index (χ0v) is 14.9. The summed E-state index contributed by atoms with van der Waals surface area (Å²) in [5.41, 5.74) is 4.02. The lowest BCUT2D eigenvalue weighted by Gasteiger charge is -2.12. The van der Waals surface area contributed by atoms with Crippen LogP contribution in [0.15, 0.2) is 54.7 Å². The molecule has 0 saturated carbocycles. The second kappa shape index (κ2) is 7.65. The van der Waals surface area contributed by atoms with E-state index in [1.165, 1.54) is 0 Å². The highest BCUT2D eigenvalue weighted by Gasteiger charge is 2.11. The molecule has 0 fully saturated rings. The fourth-order valence-electron chi connectivity index (χ4n) is 2.56. The number of carbonyl (C=O) groups excluding carboxylic acids is 1. The fraction of sp³-hybridized carbons (Fsp3) is 0.150. The van der Waals surface area contributed by atoms with E-state index in [9.17, 15) is 4.79 Å². The average Bonchev–Trinajstić information content (AvgIpc) is 2.65. The van der Waals surface area contributed by atoms with Crippen LogP contribution in [-0.4, -0.2) is 23.0 Å². The molecule has 0 atom stereocenters. The van der Waals surface area contributed by atoms with Gasteiger partial charge in [-0.15, -0.1) is 0 Å². The number of aromatic nitrogens is 2. The first-order valence-electron chi connectivity index (χ1n) is 8.18. The Bertz CT molecular complexity index is 920. The van der Waals surface area contributed by atoms with Gasteiger partial charge in [0.1, 0.15) is 11.4 Å². The van der Waals surface area contributed by atoms with Crippen molar-refractivity contribution in [2.45, 2.75) is 13.8 Å². The van der Waals surface area contributed by atoms with E-state index < -0.39 is 0 Å². The summed E-state index contributed by atoms with van der Waals surface area (Å²) >= 11 is 0. The van der Waals surface area contributed by atoms with E-state index in [0.717, 1.165) is 16.8 Å². The third-order valence-corrected chi connectivity index (χ3v) is 3.93. The number of nitrogens with one attached hydrogen (secondary N) is 2. The molecule has 3 rings (SSSR count). The maximum absolute atomic E-state index is 12.5. The van der Waals surface area contributed by atoms with Gasteiger partial charge in [-0.25, -0.2) is 9.97 Å². The Morgan fingerprint density at radius 2 is 1.77 bits per heavy atom. The van der Waals surface area contributed by atoms with Crippen LogP contribution >= 0.6 is 0 Å². The Balaban J connectivity index is 1.79. The number of benzene rings is 2. The summed E-state index contributed by atoms with van der Waals surface area (Å²) in [6.45, 7) is 4.02. The predicted octanol–water partition coefficient (Wildman–Crippen LogP) is 4.10. The molecular weight excluding hydrogens is 328 g/mol. The summed E-state index contributed by atoms with van der Waals surface area (Å²) in [7, 11) is 1.58. The van der Waals surface area contributed by atoms with Gasteiger partial charge in [-0.1, -0.05) is 24.3 Å². The number of rotatable bonds is 5. The topological polar surface area (TPSA) is 76.1 Å². The van der Waals surface area contributed by atoms with E-state index in [2.05, 4.69) is 20.6 Å². The molecule has 3 aromatic rings. The minimum atomic E-state index is -0.315. The molecule has 0 spiro atoms. The molecule has 132 valence electrons. The normalized spacial score (nSPS) is 10.3. The van der Waals surface area contributed by atoms with Crippen molar-refractivity contribution < 1.29 is 9.53 Å². The standard InChI is InChI=1S/C20H20N4O2/c1-13-6-4-7-14(2)18(13)24-20-21-11-10-17(23-20)19(25)22-15-8-5-9-16(12-15)26-3/h4-12H,1-3H3,(H,22,25)(H,21,23,24). The summed E-state index contributed by atoms with van der Waals surface area (Å²) in [5.74, 6) is 0.730. The molecule has 2 aromatic carbocycles. The van der Waals surface area contributed by atoms with Gasteiger partial charge in [0.05, 0.1) is 7.11 Å². The van der Waals surface area contributed by atoms with Crippen LogP contribution in [0.4, 0.5) is 17.3 Å². The third kappa shape index (κ3) is 3.97. The van der Waals surface area contributed by atoms with E-state index >= 15 is 0 Å². The van der Waals surface area contributed by atoms with Gasteiger partial charge in [0, 0.05) is 23.6 Å². The molecule has 1 amide bonds. The number of nitrogens with zero attached hydrogens (tertiary/aromatic N) is 2. The predicted molar refractivity (Wildman–Crippen MR) is 102 cm³/mol. The second-order valence-electron chi connectivity index (χ2n) is 5.84. The van der Waals surface area contributed by atoms with Crippen molar-refractivity contribution in [3.05, 3.63) is 71.5 Å². The molecular formula is C20H20N4O2. The number of methoxy groups -OCH3 is 1. The highest BCUT2D eigenvalue weighted by atomic mass is 16.5. The second-order valence-corrected chi connectivity index (χ2v) is 5.84. The van der Waals surface area contributed by atoms with Gasteiger partial charge in [-0.05, 0) is 43.2 Å². The number of hydrogen-bond acceptors (Lipinski definition) is 5. The monoisotopic (exact) mass is 348 g/mol. The smallest absolute Gasteiger partial charge is 0.274 e. The Kier molecular flexibility index (Phi) is 5.12. The van der Waals surface area contributed by atoms with Gasteiger partial charge in [0.25, 0.3) is 5.91 Å². The lowest BCUT2D eigenvalue weighted by atomic mass is 10.1. The van der Waals surface area contributed by atoms with Crippen LogP contribution in [0.3, 0.4) is 0 Å². The van der Waals surface area contributed by atoms with Crippen molar-refractivity contribution in [3.63, 3.8) is 0 Å². The van der Waals surface area contributed by atoms with Gasteiger partial charge < -0.3 is 15.4 Å². The maximum Gasteiger partial charge on any atom is 0.274 e. The molecule has 6 heteroatoms. The maximum atomic E-state index is 12.5. The molecule has 2 N–H and O–H groups in total. The largest absolute Gasteiger partial charge is 0.497 e. The Labute approximate surface area is 152 Å². The number of para-hydroxylation sites is 1. The number of carbonyl (C=O) groups is 1. The minimum absolute atomic E-state index is 0.275. The van der Waals surface area contributed by atoms with Gasteiger partial charge >= 0.3 is 0 Å². The number of ether oxygens (including phenoxy) is 1. The van der Waals surface area contributed by atoms with Crippen molar-refractivity contribution >= 4 is 23.2 Å². The van der Waals surface area contributed by atoms with Crippen LogP contribution in [0.2, 0.25) is 0 Å². The zero-order chi connectivity index (χ0) is 18.5. The molecule has 6 nitrogen and oxygen atoms in total. The lowest BCUT2D eigenvalue weighted by Crippen LogP contribution is -2.15. The molecule has 0 bridgehead atoms. The van der Waals surface area contributed by atoms with Crippen molar-refractivity contribution in [1.82, 2.24) is 9.97 Å². The average molecular weight is 348 g/mol. The molecule has 0 aliphatic heterocycles. The van der Waals surface area contributed by atoms with Crippen molar-refractivity contribution in [1.29, 1.82) is 0 Å². The molecule has 1 heterocycles. The van der Waals surface area contributed by atoms with E-state index in [-0.39, 0.29) is 11.6 Å². The first-order valence-corrected chi connectivity index (χ1v) is 8.18. The molecule has 0 aliphatic carbocycles. The Morgan fingerprint density at radius 1 is 1.04 bits per heavy atom. The summed E-state index contributed by atoms with van der Waals surface area (Å²) in [6.07, 6.45) is 1.56. The molecule has 0 unspecified atom stereocenters. The van der Waals surface area contributed by atoms with E-state index in [0.29, 0.717) is 17.4 Å². The molecule has 0 radical (unpaired) electrons. The SMILES string of the molecule is COc1cccc(NC(=O)c2ccnc(Nc3c(C)cccc3C)n2)c1. The number of amides is 1. The molecule has 26 heavy (non-hydrogen) atoms. The Morgan fingerprint density at radius 3 is 2.50 bits per heavy atom.